The zero-order valence-electron chi connectivity index (χ0n) is 9.37. The Morgan fingerprint density at radius 1 is 1.29 bits per heavy atom. The molecule has 2 nitrogen and oxygen atoms in total. The molecular formula is C12H11Cl2NOS. The molecule has 1 aromatic heterocycles. The lowest BCUT2D eigenvalue weighted by molar-refractivity contribution is 0.202. The minimum absolute atomic E-state index is 0.496. The average Bonchev–Trinajstić information content (AvgIpc) is 2.64. The fraction of sp³-hybridized carbons (Fsp3) is 0.250. The quantitative estimate of drug-likeness (QED) is 0.883. The number of hydrogen-bond donors (Lipinski definition) is 1. The molecule has 1 N–H and O–H groups in total. The molecule has 0 aliphatic rings. The number of nitrogens with zero attached hydrogens (tertiary/aromatic N) is 1. The molecule has 2 rings (SSSR count). The van der Waals surface area contributed by atoms with E-state index < -0.39 is 6.10 Å². The molecule has 0 bridgehead atoms. The second-order valence-electron chi connectivity index (χ2n) is 3.77. The SMILES string of the molecule is Cc1nc(-c2ccc(Cl)c(Cl)c2)sc1C(C)O. The van der Waals surface area contributed by atoms with E-state index in [0.717, 1.165) is 21.1 Å². The van der Waals surface area contributed by atoms with Gasteiger partial charge in [0.2, 0.25) is 0 Å². The summed E-state index contributed by atoms with van der Waals surface area (Å²) >= 11 is 13.3. The van der Waals surface area contributed by atoms with Crippen molar-refractivity contribution in [3.63, 3.8) is 0 Å². The predicted octanol–water partition coefficient (Wildman–Crippen LogP) is 4.48. The van der Waals surface area contributed by atoms with Crippen LogP contribution in [0.15, 0.2) is 18.2 Å². The molecule has 1 aromatic carbocycles. The summed E-state index contributed by atoms with van der Waals surface area (Å²) in [6, 6.07) is 5.41. The van der Waals surface area contributed by atoms with Crippen molar-refractivity contribution in [1.82, 2.24) is 4.98 Å². The van der Waals surface area contributed by atoms with Crippen molar-refractivity contribution in [3.8, 4) is 10.6 Å². The Balaban J connectivity index is 2.46. The number of benzene rings is 1. The average molecular weight is 288 g/mol. The van der Waals surface area contributed by atoms with Crippen molar-refractivity contribution >= 4 is 34.5 Å². The van der Waals surface area contributed by atoms with E-state index in [-0.39, 0.29) is 0 Å². The summed E-state index contributed by atoms with van der Waals surface area (Å²) < 4.78 is 0. The highest BCUT2D eigenvalue weighted by molar-refractivity contribution is 7.15. The second-order valence-corrected chi connectivity index (χ2v) is 5.62. The van der Waals surface area contributed by atoms with E-state index in [1.165, 1.54) is 11.3 Å². The fourth-order valence-corrected chi connectivity index (χ4v) is 2.85. The Morgan fingerprint density at radius 2 is 2.00 bits per heavy atom. The maximum absolute atomic E-state index is 9.59. The largest absolute Gasteiger partial charge is 0.388 e. The van der Waals surface area contributed by atoms with E-state index in [9.17, 15) is 5.11 Å². The molecule has 2 aromatic rings. The number of aliphatic hydroxyl groups excluding tert-OH is 1. The van der Waals surface area contributed by atoms with Gasteiger partial charge in [0.05, 0.1) is 26.7 Å². The Hall–Kier alpha value is -0.610. The van der Waals surface area contributed by atoms with Crippen LogP contribution < -0.4 is 0 Å². The maximum atomic E-state index is 9.59. The maximum Gasteiger partial charge on any atom is 0.124 e. The monoisotopic (exact) mass is 287 g/mol. The van der Waals surface area contributed by atoms with Crippen molar-refractivity contribution in [1.29, 1.82) is 0 Å². The lowest BCUT2D eigenvalue weighted by Gasteiger charge is -1.99. The molecular weight excluding hydrogens is 277 g/mol. The summed E-state index contributed by atoms with van der Waals surface area (Å²) in [5.74, 6) is 0. The number of aliphatic hydroxyl groups is 1. The van der Waals surface area contributed by atoms with Gasteiger partial charge in [-0.05, 0) is 26.0 Å². The molecule has 0 saturated heterocycles. The van der Waals surface area contributed by atoms with Crippen molar-refractivity contribution < 1.29 is 5.11 Å². The highest BCUT2D eigenvalue weighted by Gasteiger charge is 2.13. The molecule has 0 saturated carbocycles. The van der Waals surface area contributed by atoms with Crippen LogP contribution in [-0.2, 0) is 0 Å². The topological polar surface area (TPSA) is 33.1 Å². The molecule has 0 aliphatic carbocycles. The van der Waals surface area contributed by atoms with Gasteiger partial charge in [0.25, 0.3) is 0 Å². The van der Waals surface area contributed by atoms with Gasteiger partial charge in [0, 0.05) is 5.56 Å². The number of aromatic nitrogens is 1. The number of hydrogen-bond acceptors (Lipinski definition) is 3. The van der Waals surface area contributed by atoms with Gasteiger partial charge in [-0.3, -0.25) is 0 Å². The molecule has 0 aliphatic heterocycles. The van der Waals surface area contributed by atoms with Crippen LogP contribution in [0.4, 0.5) is 0 Å². The van der Waals surface area contributed by atoms with Gasteiger partial charge in [0.1, 0.15) is 5.01 Å². The molecule has 0 amide bonds. The molecule has 0 radical (unpaired) electrons. The molecule has 0 fully saturated rings. The summed E-state index contributed by atoms with van der Waals surface area (Å²) in [5, 5.41) is 11.5. The van der Waals surface area contributed by atoms with Gasteiger partial charge in [-0.25, -0.2) is 4.98 Å². The van der Waals surface area contributed by atoms with E-state index in [0.29, 0.717) is 10.0 Å². The van der Waals surface area contributed by atoms with E-state index >= 15 is 0 Å². The van der Waals surface area contributed by atoms with Crippen LogP contribution in [0.25, 0.3) is 10.6 Å². The van der Waals surface area contributed by atoms with Gasteiger partial charge >= 0.3 is 0 Å². The van der Waals surface area contributed by atoms with E-state index in [1.54, 1.807) is 19.1 Å². The van der Waals surface area contributed by atoms with Gasteiger partial charge in [-0.2, -0.15) is 0 Å². The van der Waals surface area contributed by atoms with Crippen LogP contribution in [0, 0.1) is 6.92 Å². The highest BCUT2D eigenvalue weighted by Crippen LogP contribution is 2.34. The second kappa shape index (κ2) is 4.94. The van der Waals surface area contributed by atoms with Crippen LogP contribution in [0.5, 0.6) is 0 Å². The van der Waals surface area contributed by atoms with Crippen LogP contribution in [0.2, 0.25) is 10.0 Å². The summed E-state index contributed by atoms with van der Waals surface area (Å²) in [6.07, 6.45) is -0.496. The normalized spacial score (nSPS) is 12.8. The molecule has 0 spiro atoms. The standard InChI is InChI=1S/C12H11Cl2NOS/c1-6-11(7(2)16)17-12(15-6)8-3-4-9(13)10(14)5-8/h3-5,7,16H,1-2H3. The van der Waals surface area contributed by atoms with Crippen LogP contribution in [0.1, 0.15) is 23.6 Å². The number of rotatable bonds is 2. The molecule has 90 valence electrons. The number of thiazole rings is 1. The molecule has 1 heterocycles. The smallest absolute Gasteiger partial charge is 0.124 e. The first-order chi connectivity index (χ1) is 7.99. The Labute approximate surface area is 114 Å². The first-order valence-electron chi connectivity index (χ1n) is 5.10. The van der Waals surface area contributed by atoms with Gasteiger partial charge < -0.3 is 5.11 Å². The first-order valence-corrected chi connectivity index (χ1v) is 6.67. The molecule has 17 heavy (non-hydrogen) atoms. The van der Waals surface area contributed by atoms with Gasteiger partial charge in [0.15, 0.2) is 0 Å². The predicted molar refractivity (Wildman–Crippen MR) is 72.9 cm³/mol. The highest BCUT2D eigenvalue weighted by atomic mass is 35.5. The third-order valence-electron chi connectivity index (χ3n) is 2.38. The number of halogens is 2. The zero-order chi connectivity index (χ0) is 12.6. The summed E-state index contributed by atoms with van der Waals surface area (Å²) in [6.45, 7) is 3.62. The van der Waals surface area contributed by atoms with Crippen molar-refractivity contribution in [3.05, 3.63) is 38.8 Å². The zero-order valence-corrected chi connectivity index (χ0v) is 11.7. The van der Waals surface area contributed by atoms with Crippen molar-refractivity contribution in [2.45, 2.75) is 20.0 Å². The molecule has 5 heteroatoms. The van der Waals surface area contributed by atoms with Crippen molar-refractivity contribution in [2.24, 2.45) is 0 Å². The van der Waals surface area contributed by atoms with Crippen LogP contribution in [0.3, 0.4) is 0 Å². The van der Waals surface area contributed by atoms with Crippen molar-refractivity contribution in [2.75, 3.05) is 0 Å². The Kier molecular flexibility index (Phi) is 3.73. The van der Waals surface area contributed by atoms with Crippen LogP contribution in [-0.4, -0.2) is 10.1 Å². The summed E-state index contributed by atoms with van der Waals surface area (Å²) in [7, 11) is 0. The van der Waals surface area contributed by atoms with E-state index in [2.05, 4.69) is 4.98 Å². The molecule has 1 atom stereocenters. The van der Waals surface area contributed by atoms with E-state index in [1.807, 2.05) is 13.0 Å². The Bertz CT molecular complexity index is 551. The van der Waals surface area contributed by atoms with Gasteiger partial charge in [-0.1, -0.05) is 29.3 Å². The summed E-state index contributed by atoms with van der Waals surface area (Å²) in [5.41, 5.74) is 1.77. The lowest BCUT2D eigenvalue weighted by Crippen LogP contribution is -1.88. The minimum atomic E-state index is -0.496. The minimum Gasteiger partial charge on any atom is -0.388 e. The third kappa shape index (κ3) is 2.63. The third-order valence-corrected chi connectivity index (χ3v) is 4.49. The first kappa shape index (κ1) is 12.8. The van der Waals surface area contributed by atoms with Crippen LogP contribution >= 0.6 is 34.5 Å². The van der Waals surface area contributed by atoms with E-state index in [4.69, 9.17) is 23.2 Å². The summed E-state index contributed by atoms with van der Waals surface area (Å²) in [4.78, 5) is 5.31. The molecule has 1 unspecified atom stereocenters. The Morgan fingerprint density at radius 3 is 2.53 bits per heavy atom. The van der Waals surface area contributed by atoms with Gasteiger partial charge in [-0.15, -0.1) is 11.3 Å². The lowest BCUT2D eigenvalue weighted by atomic mass is 10.2. The number of aryl methyl sites for hydroxylation is 1. The fourth-order valence-electron chi connectivity index (χ4n) is 1.55.